The molecule has 16 heteroatoms. The Kier molecular flexibility index (Phi) is 22.8. The molecule has 0 aliphatic carbocycles. The number of hydrogen-bond donors (Lipinski definition) is 8. The first-order chi connectivity index (χ1) is 27.2. The van der Waals surface area contributed by atoms with Crippen molar-refractivity contribution >= 4 is 41.4 Å². The normalized spacial score (nSPS) is 14.9. The van der Waals surface area contributed by atoms with Crippen LogP contribution in [0.2, 0.25) is 0 Å². The van der Waals surface area contributed by atoms with Crippen LogP contribution < -0.4 is 31.9 Å². The molecule has 1 aromatic rings. The number of carbonyl (C=O) groups is 7. The van der Waals surface area contributed by atoms with Crippen molar-refractivity contribution in [3.8, 4) is 0 Å². The van der Waals surface area contributed by atoms with E-state index in [1.807, 2.05) is 30.3 Å². The molecular weight excluding hydrogens is 748 g/mol. The maximum absolute atomic E-state index is 14.0. The number of rotatable bonds is 26. The second-order valence-corrected chi connectivity index (χ2v) is 15.6. The van der Waals surface area contributed by atoms with Crippen molar-refractivity contribution in [1.29, 1.82) is 0 Å². The van der Waals surface area contributed by atoms with Gasteiger partial charge in [0.15, 0.2) is 5.78 Å². The number of Topliss-reactive ketones (excluding diaryl/α,β-unsaturated/α-hetero) is 1. The lowest BCUT2D eigenvalue weighted by atomic mass is 9.95. The zero-order valence-electron chi connectivity index (χ0n) is 35.1. The summed E-state index contributed by atoms with van der Waals surface area (Å²) in [5.74, 6) is -5.13. The molecule has 7 atom stereocenters. The Labute approximate surface area is 342 Å². The lowest BCUT2D eigenvalue weighted by Crippen LogP contribution is -2.58. The molecule has 8 N–H and O–H groups in total. The Morgan fingerprint density at radius 1 is 0.707 bits per heavy atom. The van der Waals surface area contributed by atoms with Crippen LogP contribution >= 0.6 is 0 Å². The van der Waals surface area contributed by atoms with Crippen LogP contribution in [-0.4, -0.2) is 107 Å². The fourth-order valence-corrected chi connectivity index (χ4v) is 5.65. The number of hydrogen-bond acceptors (Lipinski definition) is 10. The van der Waals surface area contributed by atoms with Gasteiger partial charge in [0.2, 0.25) is 29.5 Å². The van der Waals surface area contributed by atoms with Gasteiger partial charge in [-0.2, -0.15) is 0 Å². The molecule has 0 aromatic heterocycles. The third-order valence-corrected chi connectivity index (χ3v) is 8.75. The number of amides is 6. The Bertz CT molecular complexity index is 1530. The van der Waals surface area contributed by atoms with Gasteiger partial charge in [-0.15, -0.1) is 13.2 Å². The van der Waals surface area contributed by atoms with Gasteiger partial charge in [0.05, 0.1) is 30.6 Å². The molecule has 0 spiro atoms. The van der Waals surface area contributed by atoms with Crippen molar-refractivity contribution in [3.05, 3.63) is 61.2 Å². The fourth-order valence-electron chi connectivity index (χ4n) is 5.65. The molecule has 0 radical (unpaired) electrons. The Balaban J connectivity index is 3.38. The van der Waals surface area contributed by atoms with Gasteiger partial charge in [-0.3, -0.25) is 28.8 Å². The highest BCUT2D eigenvalue weighted by Gasteiger charge is 2.32. The Morgan fingerprint density at radius 2 is 1.21 bits per heavy atom. The van der Waals surface area contributed by atoms with Gasteiger partial charge in [-0.05, 0) is 78.7 Å². The molecule has 6 amide bonds. The molecular formula is C42H66N6O10. The molecule has 324 valence electrons. The van der Waals surface area contributed by atoms with Crippen LogP contribution in [0.25, 0.3) is 0 Å². The summed E-state index contributed by atoms with van der Waals surface area (Å²) >= 11 is 0. The second-order valence-electron chi connectivity index (χ2n) is 15.6. The summed E-state index contributed by atoms with van der Waals surface area (Å²) in [6.07, 6.45) is 0.755. The van der Waals surface area contributed by atoms with Crippen LogP contribution in [0.3, 0.4) is 0 Å². The predicted molar refractivity (Wildman–Crippen MR) is 220 cm³/mol. The van der Waals surface area contributed by atoms with Crippen molar-refractivity contribution in [2.24, 2.45) is 11.8 Å². The molecule has 0 saturated carbocycles. The average Bonchev–Trinajstić information content (AvgIpc) is 3.12. The second kappa shape index (κ2) is 26.0. The summed E-state index contributed by atoms with van der Waals surface area (Å²) in [6, 6.07) is 4.60. The van der Waals surface area contributed by atoms with Crippen LogP contribution in [0.4, 0.5) is 4.79 Å². The van der Waals surface area contributed by atoms with Gasteiger partial charge in [0.1, 0.15) is 23.7 Å². The van der Waals surface area contributed by atoms with E-state index in [0.717, 1.165) is 5.56 Å². The summed E-state index contributed by atoms with van der Waals surface area (Å²) in [6.45, 7) is 18.2. The quantitative estimate of drug-likeness (QED) is 0.0634. The predicted octanol–water partition coefficient (Wildman–Crippen LogP) is 2.12. The number of aliphatic hydroxyl groups excluding tert-OH is 2. The standard InChI is InChI=1S/C42H66N6O10/c1-10-12-19-31(45-35(51)23-27(5)49)38(54)47-33(21-22-43-37(53)30(28(6)50)25-44-41(57)58-42(7,8)9)40(56)46-32(20-13-11-2)39(55)48-34(36(52)26(3)4)24-29-17-15-14-16-18-29/h10-11,14-18,26-28,30-34,49-50H,1-2,12-13,19-25H2,3-9H3,(H,43,53)(H,44,57)(H,45,51)(H,46,56)(H,47,54)(H,48,55)/t27-,28+,30?,31-,32-,33-,34+/m0/s1. The average molecular weight is 815 g/mol. The van der Waals surface area contributed by atoms with Gasteiger partial charge >= 0.3 is 6.09 Å². The van der Waals surface area contributed by atoms with E-state index >= 15 is 0 Å². The minimum atomic E-state index is -1.37. The number of ether oxygens (including phenoxy) is 1. The van der Waals surface area contributed by atoms with Crippen LogP contribution in [-0.2, 0) is 39.9 Å². The lowest BCUT2D eigenvalue weighted by molar-refractivity contribution is -0.135. The highest BCUT2D eigenvalue weighted by atomic mass is 16.6. The van der Waals surface area contributed by atoms with E-state index in [1.54, 1.807) is 46.8 Å². The Morgan fingerprint density at radius 3 is 1.67 bits per heavy atom. The number of alkyl carbamates (subject to hydrolysis) is 1. The van der Waals surface area contributed by atoms with Crippen molar-refractivity contribution in [3.63, 3.8) is 0 Å². The molecule has 1 aromatic carbocycles. The summed E-state index contributed by atoms with van der Waals surface area (Å²) in [4.78, 5) is 92.7. The number of allylic oxidation sites excluding steroid dienone is 2. The highest BCUT2D eigenvalue weighted by molar-refractivity contribution is 5.96. The first kappa shape index (κ1) is 50.9. The number of ketones is 1. The zero-order valence-corrected chi connectivity index (χ0v) is 35.1. The van der Waals surface area contributed by atoms with E-state index in [1.165, 1.54) is 13.8 Å². The van der Waals surface area contributed by atoms with Crippen LogP contribution in [0.5, 0.6) is 0 Å². The van der Waals surface area contributed by atoms with Gasteiger partial charge in [-0.25, -0.2) is 4.79 Å². The van der Waals surface area contributed by atoms with E-state index < -0.39 is 89.4 Å². The number of aliphatic hydroxyl groups is 2. The maximum Gasteiger partial charge on any atom is 0.407 e. The maximum atomic E-state index is 14.0. The molecule has 0 fully saturated rings. The number of benzene rings is 1. The highest BCUT2D eigenvalue weighted by Crippen LogP contribution is 2.12. The van der Waals surface area contributed by atoms with E-state index in [4.69, 9.17) is 4.74 Å². The molecule has 58 heavy (non-hydrogen) atoms. The zero-order chi connectivity index (χ0) is 44.0. The molecule has 0 bridgehead atoms. The monoisotopic (exact) mass is 814 g/mol. The molecule has 0 heterocycles. The Hall–Kier alpha value is -5.09. The number of nitrogens with one attached hydrogen (secondary N) is 6. The molecule has 0 aliphatic rings. The summed E-state index contributed by atoms with van der Waals surface area (Å²) in [5, 5.41) is 35.9. The molecule has 0 aliphatic heterocycles. The molecule has 0 saturated heterocycles. The summed E-state index contributed by atoms with van der Waals surface area (Å²) in [7, 11) is 0. The largest absolute Gasteiger partial charge is 0.444 e. The lowest BCUT2D eigenvalue weighted by Gasteiger charge is -2.27. The smallest absolute Gasteiger partial charge is 0.407 e. The van der Waals surface area contributed by atoms with Crippen molar-refractivity contribution in [2.45, 2.75) is 135 Å². The topological polar surface area (TPSA) is 241 Å². The summed E-state index contributed by atoms with van der Waals surface area (Å²) < 4.78 is 5.21. The van der Waals surface area contributed by atoms with Gasteiger partial charge in [0.25, 0.3) is 0 Å². The van der Waals surface area contributed by atoms with E-state index in [9.17, 15) is 43.8 Å². The fraction of sp³-hybridized carbons (Fsp3) is 0.595. The first-order valence-corrected chi connectivity index (χ1v) is 19.8. The van der Waals surface area contributed by atoms with E-state index in [2.05, 4.69) is 45.1 Å². The third-order valence-electron chi connectivity index (χ3n) is 8.75. The van der Waals surface area contributed by atoms with E-state index in [-0.39, 0.29) is 51.0 Å². The molecule has 1 unspecified atom stereocenters. The van der Waals surface area contributed by atoms with Gasteiger partial charge in [-0.1, -0.05) is 56.3 Å². The van der Waals surface area contributed by atoms with Crippen molar-refractivity contribution < 1.29 is 48.5 Å². The third kappa shape index (κ3) is 20.4. The van der Waals surface area contributed by atoms with Crippen LogP contribution in [0.1, 0.15) is 92.6 Å². The minimum Gasteiger partial charge on any atom is -0.444 e. The van der Waals surface area contributed by atoms with Crippen LogP contribution in [0.15, 0.2) is 55.6 Å². The summed E-state index contributed by atoms with van der Waals surface area (Å²) in [5.41, 5.74) is 0.0290. The van der Waals surface area contributed by atoms with Crippen molar-refractivity contribution in [1.82, 2.24) is 31.9 Å². The first-order valence-electron chi connectivity index (χ1n) is 19.8. The van der Waals surface area contributed by atoms with Crippen LogP contribution in [0, 0.1) is 11.8 Å². The van der Waals surface area contributed by atoms with Crippen molar-refractivity contribution in [2.75, 3.05) is 13.1 Å². The number of carbonyl (C=O) groups excluding carboxylic acids is 7. The minimum absolute atomic E-state index is 0.102. The van der Waals surface area contributed by atoms with E-state index in [0.29, 0.717) is 12.8 Å². The SMILES string of the molecule is C=CCC[C@H](NC(=O)C[C@H](C)O)C(=O)N[C@@H](CCNC(=O)C(CNC(=O)OC(C)(C)C)[C@@H](C)O)C(=O)N[C@@H](CCC=C)C(=O)N[C@H](Cc1ccccc1)C(=O)C(C)C. The molecule has 16 nitrogen and oxygen atoms in total. The van der Waals surface area contributed by atoms with Gasteiger partial charge < -0.3 is 46.9 Å². The van der Waals surface area contributed by atoms with Gasteiger partial charge in [0, 0.05) is 19.0 Å². The molecule has 1 rings (SSSR count).